The van der Waals surface area contributed by atoms with Crippen molar-refractivity contribution in [3.05, 3.63) is 52.0 Å². The largest absolute Gasteiger partial charge is 0.497 e. The third-order valence-electron chi connectivity index (χ3n) is 3.80. The lowest BCUT2D eigenvalue weighted by Gasteiger charge is -2.20. The molecule has 0 amide bonds. The van der Waals surface area contributed by atoms with Crippen LogP contribution in [0.4, 0.5) is 5.69 Å². The fraction of sp³-hybridized carbons (Fsp3) is 0.250. The Labute approximate surface area is 144 Å². The van der Waals surface area contributed by atoms with Crippen LogP contribution in [0, 0.1) is 0 Å². The molecule has 0 bridgehead atoms. The lowest BCUT2D eigenvalue weighted by molar-refractivity contribution is 0.391. The predicted molar refractivity (Wildman–Crippen MR) is 92.5 cm³/mol. The van der Waals surface area contributed by atoms with Gasteiger partial charge in [-0.05, 0) is 29.8 Å². The summed E-state index contributed by atoms with van der Waals surface area (Å²) in [5.41, 5.74) is 2.29. The minimum absolute atomic E-state index is 0.0219. The summed E-state index contributed by atoms with van der Waals surface area (Å²) in [5.74, 6) is 1.29. The molecular weight excluding hydrogens is 382 g/mol. The van der Waals surface area contributed by atoms with Crippen LogP contribution in [-0.2, 0) is 22.3 Å². The highest BCUT2D eigenvalue weighted by Gasteiger charge is 2.33. The Morgan fingerprint density at radius 3 is 2.61 bits per heavy atom. The normalized spacial score (nSPS) is 15.3. The number of ether oxygens (including phenoxy) is 2. The Morgan fingerprint density at radius 1 is 1.13 bits per heavy atom. The van der Waals surface area contributed by atoms with E-state index in [0.717, 1.165) is 15.6 Å². The fourth-order valence-electron chi connectivity index (χ4n) is 2.64. The maximum absolute atomic E-state index is 12.5. The molecule has 5 nitrogen and oxygen atoms in total. The smallest absolute Gasteiger partial charge is 0.239 e. The molecule has 0 fully saturated rings. The van der Waals surface area contributed by atoms with Crippen molar-refractivity contribution in [3.63, 3.8) is 0 Å². The molecule has 3 rings (SSSR count). The van der Waals surface area contributed by atoms with Gasteiger partial charge in [0.2, 0.25) is 10.0 Å². The minimum Gasteiger partial charge on any atom is -0.497 e. The van der Waals surface area contributed by atoms with Crippen LogP contribution < -0.4 is 13.8 Å². The molecule has 122 valence electrons. The van der Waals surface area contributed by atoms with Crippen LogP contribution in [0.5, 0.6) is 11.5 Å². The number of sulfonamides is 1. The molecule has 1 aliphatic rings. The number of halogens is 1. The van der Waals surface area contributed by atoms with Crippen molar-refractivity contribution in [2.45, 2.75) is 12.3 Å². The van der Waals surface area contributed by atoms with Gasteiger partial charge in [0, 0.05) is 16.1 Å². The molecule has 0 radical (unpaired) electrons. The molecule has 0 unspecified atom stereocenters. The molecule has 0 aliphatic carbocycles. The van der Waals surface area contributed by atoms with Gasteiger partial charge >= 0.3 is 0 Å². The van der Waals surface area contributed by atoms with Gasteiger partial charge in [0.05, 0.1) is 32.2 Å². The first kappa shape index (κ1) is 16.1. The van der Waals surface area contributed by atoms with E-state index in [-0.39, 0.29) is 12.3 Å². The number of methoxy groups -OCH3 is 2. The van der Waals surface area contributed by atoms with Crippen molar-refractivity contribution in [2.75, 3.05) is 18.5 Å². The van der Waals surface area contributed by atoms with Gasteiger partial charge in [-0.3, -0.25) is 4.31 Å². The first-order valence-corrected chi connectivity index (χ1v) is 9.34. The molecule has 0 saturated carbocycles. The predicted octanol–water partition coefficient (Wildman–Crippen LogP) is 3.32. The quantitative estimate of drug-likeness (QED) is 0.793. The second-order valence-electron chi connectivity index (χ2n) is 5.21. The van der Waals surface area contributed by atoms with E-state index in [0.29, 0.717) is 17.2 Å². The second kappa shape index (κ2) is 6.05. The van der Waals surface area contributed by atoms with Crippen LogP contribution in [0.3, 0.4) is 0 Å². The third-order valence-corrected chi connectivity index (χ3v) is 5.96. The number of hydrogen-bond donors (Lipinski definition) is 0. The molecule has 2 aromatic rings. The van der Waals surface area contributed by atoms with Gasteiger partial charge in [-0.15, -0.1) is 0 Å². The SMILES string of the molecule is COc1ccc(CN2c3cc(Br)ccc3CS2(=O)=O)c(OC)c1. The average Bonchev–Trinajstić information content (AvgIpc) is 2.78. The summed E-state index contributed by atoms with van der Waals surface area (Å²) in [4.78, 5) is 0. The summed E-state index contributed by atoms with van der Waals surface area (Å²) in [5, 5.41) is 0. The van der Waals surface area contributed by atoms with Crippen molar-refractivity contribution in [3.8, 4) is 11.5 Å². The monoisotopic (exact) mass is 397 g/mol. The van der Waals surface area contributed by atoms with E-state index in [1.807, 2.05) is 24.3 Å². The molecule has 0 N–H and O–H groups in total. The van der Waals surface area contributed by atoms with Crippen molar-refractivity contribution in [1.82, 2.24) is 0 Å². The number of rotatable bonds is 4. The summed E-state index contributed by atoms with van der Waals surface area (Å²) < 4.78 is 37.8. The molecular formula is C16H16BrNO4S. The van der Waals surface area contributed by atoms with E-state index in [4.69, 9.17) is 9.47 Å². The zero-order valence-electron chi connectivity index (χ0n) is 12.7. The van der Waals surface area contributed by atoms with E-state index in [2.05, 4.69) is 15.9 Å². The number of hydrogen-bond acceptors (Lipinski definition) is 4. The number of anilines is 1. The van der Waals surface area contributed by atoms with E-state index in [1.54, 1.807) is 26.4 Å². The Hall–Kier alpha value is -1.73. The molecule has 0 aromatic heterocycles. The molecule has 0 spiro atoms. The van der Waals surface area contributed by atoms with E-state index in [9.17, 15) is 8.42 Å². The lowest BCUT2D eigenvalue weighted by Crippen LogP contribution is -2.26. The van der Waals surface area contributed by atoms with Crippen LogP contribution in [0.25, 0.3) is 0 Å². The molecule has 0 atom stereocenters. The highest BCUT2D eigenvalue weighted by atomic mass is 79.9. The van der Waals surface area contributed by atoms with Crippen LogP contribution in [-0.4, -0.2) is 22.6 Å². The van der Waals surface area contributed by atoms with Crippen molar-refractivity contribution in [1.29, 1.82) is 0 Å². The van der Waals surface area contributed by atoms with Crippen molar-refractivity contribution in [2.24, 2.45) is 0 Å². The zero-order chi connectivity index (χ0) is 16.6. The zero-order valence-corrected chi connectivity index (χ0v) is 15.1. The van der Waals surface area contributed by atoms with Gasteiger partial charge in [0.15, 0.2) is 0 Å². The Balaban J connectivity index is 2.01. The van der Waals surface area contributed by atoms with E-state index < -0.39 is 10.0 Å². The number of fused-ring (bicyclic) bond motifs is 1. The molecule has 23 heavy (non-hydrogen) atoms. The highest BCUT2D eigenvalue weighted by Crippen LogP contribution is 2.38. The first-order valence-electron chi connectivity index (χ1n) is 6.94. The average molecular weight is 398 g/mol. The van der Waals surface area contributed by atoms with Gasteiger partial charge in [0.25, 0.3) is 0 Å². The Morgan fingerprint density at radius 2 is 1.91 bits per heavy atom. The second-order valence-corrected chi connectivity index (χ2v) is 8.02. The number of benzene rings is 2. The van der Waals surface area contributed by atoms with Gasteiger partial charge < -0.3 is 9.47 Å². The summed E-state index contributed by atoms with van der Waals surface area (Å²) in [7, 11) is -0.243. The summed E-state index contributed by atoms with van der Waals surface area (Å²) in [6.45, 7) is 0.221. The standard InChI is InChI=1S/C16H16BrNO4S/c1-21-14-6-4-11(16(8-14)22-2)9-18-15-7-13(17)5-3-12(15)10-23(18,19)20/h3-8H,9-10H2,1-2H3. The summed E-state index contributed by atoms with van der Waals surface area (Å²) in [6.07, 6.45) is 0. The topological polar surface area (TPSA) is 55.8 Å². The van der Waals surface area contributed by atoms with E-state index >= 15 is 0 Å². The Kier molecular flexibility index (Phi) is 4.25. The van der Waals surface area contributed by atoms with Crippen LogP contribution >= 0.6 is 15.9 Å². The maximum atomic E-state index is 12.5. The molecule has 2 aromatic carbocycles. The van der Waals surface area contributed by atoms with Crippen LogP contribution in [0.2, 0.25) is 0 Å². The first-order chi connectivity index (χ1) is 10.9. The molecule has 1 heterocycles. The minimum atomic E-state index is -3.38. The van der Waals surface area contributed by atoms with Gasteiger partial charge in [-0.2, -0.15) is 0 Å². The lowest BCUT2D eigenvalue weighted by atomic mass is 10.1. The van der Waals surface area contributed by atoms with Crippen LogP contribution in [0.1, 0.15) is 11.1 Å². The summed E-state index contributed by atoms with van der Waals surface area (Å²) >= 11 is 3.40. The molecule has 1 aliphatic heterocycles. The summed E-state index contributed by atoms with van der Waals surface area (Å²) in [6, 6.07) is 10.9. The third kappa shape index (κ3) is 3.03. The maximum Gasteiger partial charge on any atom is 0.239 e. The molecule has 0 saturated heterocycles. The Bertz CT molecular complexity index is 851. The highest BCUT2D eigenvalue weighted by molar-refractivity contribution is 9.10. The number of nitrogens with zero attached hydrogens (tertiary/aromatic N) is 1. The van der Waals surface area contributed by atoms with Crippen LogP contribution in [0.15, 0.2) is 40.9 Å². The van der Waals surface area contributed by atoms with Gasteiger partial charge in [-0.1, -0.05) is 22.0 Å². The van der Waals surface area contributed by atoms with Gasteiger partial charge in [-0.25, -0.2) is 8.42 Å². The fourth-order valence-corrected chi connectivity index (χ4v) is 4.58. The van der Waals surface area contributed by atoms with Crippen molar-refractivity contribution >= 4 is 31.6 Å². The van der Waals surface area contributed by atoms with Crippen molar-refractivity contribution < 1.29 is 17.9 Å². The van der Waals surface area contributed by atoms with E-state index in [1.165, 1.54) is 4.31 Å². The molecule has 7 heteroatoms. The van der Waals surface area contributed by atoms with Gasteiger partial charge in [0.1, 0.15) is 11.5 Å².